The first-order valence-corrected chi connectivity index (χ1v) is 8.02. The summed E-state index contributed by atoms with van der Waals surface area (Å²) in [5, 5.41) is 3.32. The summed E-state index contributed by atoms with van der Waals surface area (Å²) < 4.78 is 10.9. The van der Waals surface area contributed by atoms with Crippen molar-refractivity contribution in [1.82, 2.24) is 10.2 Å². The first-order valence-electron chi connectivity index (χ1n) is 8.02. The molecule has 1 aliphatic heterocycles. The van der Waals surface area contributed by atoms with Crippen molar-refractivity contribution in [2.24, 2.45) is 0 Å². The van der Waals surface area contributed by atoms with Gasteiger partial charge in [0.05, 0.1) is 20.1 Å². The number of nitrogens with one attached hydrogen (secondary N) is 1. The number of nitrogens with zero attached hydrogens (tertiary/aromatic N) is 1. The topological polar surface area (TPSA) is 50.8 Å². The van der Waals surface area contributed by atoms with Crippen molar-refractivity contribution in [3.05, 3.63) is 24.3 Å². The van der Waals surface area contributed by atoms with Gasteiger partial charge >= 0.3 is 0 Å². The normalized spacial score (nSPS) is 16.5. The molecule has 2 rings (SSSR count). The van der Waals surface area contributed by atoms with Crippen molar-refractivity contribution in [1.29, 1.82) is 0 Å². The quantitative estimate of drug-likeness (QED) is 0.788. The molecular weight excluding hydrogens is 316 g/mol. The van der Waals surface area contributed by atoms with Gasteiger partial charge in [0.25, 0.3) is 0 Å². The number of hydrogen-bond donors (Lipinski definition) is 1. The van der Waals surface area contributed by atoms with Gasteiger partial charge in [0.15, 0.2) is 11.5 Å². The molecule has 1 N–H and O–H groups in total. The maximum atomic E-state index is 12.5. The lowest BCUT2D eigenvalue weighted by molar-refractivity contribution is -0.133. The Hall–Kier alpha value is -1.46. The van der Waals surface area contributed by atoms with Gasteiger partial charge in [-0.1, -0.05) is 19.1 Å². The second-order valence-corrected chi connectivity index (χ2v) is 5.48. The molecule has 1 saturated heterocycles. The van der Waals surface area contributed by atoms with Crippen LogP contribution < -0.4 is 14.8 Å². The predicted octanol–water partition coefficient (Wildman–Crippen LogP) is 2.49. The lowest BCUT2D eigenvalue weighted by Gasteiger charge is -2.28. The van der Waals surface area contributed by atoms with Crippen LogP contribution in [0.4, 0.5) is 0 Å². The molecule has 0 bridgehead atoms. The molecule has 1 aromatic carbocycles. The summed E-state index contributed by atoms with van der Waals surface area (Å²) in [4.78, 5) is 14.5. The van der Waals surface area contributed by atoms with Crippen molar-refractivity contribution < 1.29 is 14.3 Å². The number of methoxy groups -OCH3 is 1. The lowest BCUT2D eigenvalue weighted by Crippen LogP contribution is -2.42. The molecule has 1 fully saturated rings. The Balaban J connectivity index is 0.00000264. The zero-order chi connectivity index (χ0) is 15.8. The molecule has 1 aromatic rings. The van der Waals surface area contributed by atoms with E-state index in [9.17, 15) is 4.79 Å². The van der Waals surface area contributed by atoms with Crippen molar-refractivity contribution in [3.63, 3.8) is 0 Å². The average Bonchev–Trinajstić information content (AvgIpc) is 3.07. The number of rotatable bonds is 8. The van der Waals surface area contributed by atoms with Crippen LogP contribution in [0.5, 0.6) is 11.5 Å². The lowest BCUT2D eigenvalue weighted by atomic mass is 10.2. The van der Waals surface area contributed by atoms with Crippen LogP contribution in [0.3, 0.4) is 0 Å². The summed E-state index contributed by atoms with van der Waals surface area (Å²) in [7, 11) is 1.61. The van der Waals surface area contributed by atoms with Crippen molar-refractivity contribution in [2.45, 2.75) is 32.2 Å². The second kappa shape index (κ2) is 10.3. The van der Waals surface area contributed by atoms with Crippen LogP contribution in [0.2, 0.25) is 0 Å². The SMILES string of the molecule is CCCN(C(=O)CCOc1ccccc1OC)C1CCNC1.Cl. The van der Waals surface area contributed by atoms with E-state index < -0.39 is 0 Å². The highest BCUT2D eigenvalue weighted by molar-refractivity contribution is 5.85. The molecule has 1 amide bonds. The Morgan fingerprint density at radius 1 is 1.35 bits per heavy atom. The molecule has 1 atom stereocenters. The smallest absolute Gasteiger partial charge is 0.226 e. The van der Waals surface area contributed by atoms with E-state index in [0.717, 1.165) is 32.5 Å². The number of carbonyl (C=O) groups is 1. The molecule has 0 spiro atoms. The highest BCUT2D eigenvalue weighted by Crippen LogP contribution is 2.25. The van der Waals surface area contributed by atoms with Gasteiger partial charge in [-0.05, 0) is 31.5 Å². The molecule has 1 aliphatic rings. The maximum absolute atomic E-state index is 12.5. The number of benzene rings is 1. The van der Waals surface area contributed by atoms with Crippen LogP contribution in [0.1, 0.15) is 26.2 Å². The number of hydrogen-bond acceptors (Lipinski definition) is 4. The molecule has 0 saturated carbocycles. The maximum Gasteiger partial charge on any atom is 0.226 e. The molecule has 130 valence electrons. The minimum Gasteiger partial charge on any atom is -0.493 e. The van der Waals surface area contributed by atoms with E-state index in [1.54, 1.807) is 7.11 Å². The van der Waals surface area contributed by atoms with Crippen molar-refractivity contribution >= 4 is 18.3 Å². The highest BCUT2D eigenvalue weighted by atomic mass is 35.5. The van der Waals surface area contributed by atoms with Gasteiger partial charge in [-0.25, -0.2) is 0 Å². The van der Waals surface area contributed by atoms with E-state index in [-0.39, 0.29) is 18.3 Å². The first-order chi connectivity index (χ1) is 10.8. The summed E-state index contributed by atoms with van der Waals surface area (Å²) in [5.74, 6) is 1.55. The van der Waals surface area contributed by atoms with Crippen LogP contribution in [0.15, 0.2) is 24.3 Å². The summed E-state index contributed by atoms with van der Waals surface area (Å²) in [6.07, 6.45) is 2.42. The van der Waals surface area contributed by atoms with Gasteiger partial charge in [0, 0.05) is 19.1 Å². The molecule has 0 aromatic heterocycles. The standard InChI is InChI=1S/C17H26N2O3.ClH/c1-3-11-19(14-8-10-18-13-14)17(20)9-12-22-16-7-5-4-6-15(16)21-2;/h4-7,14,18H,3,8-13H2,1-2H3;1H. The van der Waals surface area contributed by atoms with Gasteiger partial charge in [0.2, 0.25) is 5.91 Å². The van der Waals surface area contributed by atoms with Gasteiger partial charge < -0.3 is 19.7 Å². The largest absolute Gasteiger partial charge is 0.493 e. The third-order valence-corrected chi connectivity index (χ3v) is 3.90. The summed E-state index contributed by atoms with van der Waals surface area (Å²) in [6.45, 7) is 5.20. The number of amides is 1. The van der Waals surface area contributed by atoms with E-state index in [4.69, 9.17) is 9.47 Å². The van der Waals surface area contributed by atoms with Crippen LogP contribution >= 0.6 is 12.4 Å². The molecule has 1 heterocycles. The van der Waals surface area contributed by atoms with E-state index >= 15 is 0 Å². The molecular formula is C17H27ClN2O3. The molecule has 1 unspecified atom stereocenters. The number of ether oxygens (including phenoxy) is 2. The van der Waals surface area contributed by atoms with E-state index in [1.165, 1.54) is 0 Å². The van der Waals surface area contributed by atoms with Crippen LogP contribution in [-0.4, -0.2) is 50.2 Å². The predicted molar refractivity (Wildman–Crippen MR) is 93.6 cm³/mol. The van der Waals surface area contributed by atoms with Gasteiger partial charge in [-0.3, -0.25) is 4.79 Å². The Kier molecular flexibility index (Phi) is 8.81. The fourth-order valence-electron chi connectivity index (χ4n) is 2.79. The van der Waals surface area contributed by atoms with Crippen LogP contribution in [0.25, 0.3) is 0 Å². The van der Waals surface area contributed by atoms with E-state index in [2.05, 4.69) is 12.2 Å². The zero-order valence-electron chi connectivity index (χ0n) is 13.9. The Labute approximate surface area is 144 Å². The molecule has 0 aliphatic carbocycles. The molecule has 0 radical (unpaired) electrons. The molecule has 6 heteroatoms. The van der Waals surface area contributed by atoms with Gasteiger partial charge in [-0.15, -0.1) is 12.4 Å². The third kappa shape index (κ3) is 5.59. The minimum absolute atomic E-state index is 0. The van der Waals surface area contributed by atoms with E-state index in [0.29, 0.717) is 30.6 Å². The van der Waals surface area contributed by atoms with Crippen LogP contribution in [-0.2, 0) is 4.79 Å². The summed E-state index contributed by atoms with van der Waals surface area (Å²) in [6, 6.07) is 7.83. The fraction of sp³-hybridized carbons (Fsp3) is 0.588. The number of carbonyl (C=O) groups excluding carboxylic acids is 1. The average molecular weight is 343 g/mol. The van der Waals surface area contributed by atoms with Gasteiger partial charge in [0.1, 0.15) is 0 Å². The summed E-state index contributed by atoms with van der Waals surface area (Å²) >= 11 is 0. The number of halogens is 1. The second-order valence-electron chi connectivity index (χ2n) is 5.48. The summed E-state index contributed by atoms with van der Waals surface area (Å²) in [5.41, 5.74) is 0. The van der Waals surface area contributed by atoms with Crippen molar-refractivity contribution in [2.75, 3.05) is 33.4 Å². The highest BCUT2D eigenvalue weighted by Gasteiger charge is 2.25. The molecule has 5 nitrogen and oxygen atoms in total. The number of para-hydroxylation sites is 2. The van der Waals surface area contributed by atoms with E-state index in [1.807, 2.05) is 29.2 Å². The first kappa shape index (κ1) is 19.6. The Morgan fingerprint density at radius 3 is 2.70 bits per heavy atom. The fourth-order valence-corrected chi connectivity index (χ4v) is 2.79. The Bertz CT molecular complexity index is 479. The third-order valence-electron chi connectivity index (χ3n) is 3.90. The molecule has 23 heavy (non-hydrogen) atoms. The monoisotopic (exact) mass is 342 g/mol. The van der Waals surface area contributed by atoms with Crippen molar-refractivity contribution in [3.8, 4) is 11.5 Å². The zero-order valence-corrected chi connectivity index (χ0v) is 14.7. The van der Waals surface area contributed by atoms with Crippen LogP contribution in [0, 0.1) is 0 Å². The Morgan fingerprint density at radius 2 is 2.09 bits per heavy atom. The van der Waals surface area contributed by atoms with Gasteiger partial charge in [-0.2, -0.15) is 0 Å². The minimum atomic E-state index is 0.